The molecule has 1 aromatic heterocycles. The van der Waals surface area contributed by atoms with Crippen molar-refractivity contribution in [1.82, 2.24) is 20.0 Å². The molecule has 0 bridgehead atoms. The number of amides is 1. The van der Waals surface area contributed by atoms with Gasteiger partial charge in [0.2, 0.25) is 5.91 Å². The van der Waals surface area contributed by atoms with E-state index in [4.69, 9.17) is 0 Å². The van der Waals surface area contributed by atoms with Gasteiger partial charge in [0.15, 0.2) is 0 Å². The van der Waals surface area contributed by atoms with Crippen LogP contribution in [0.4, 0.5) is 4.39 Å². The second kappa shape index (κ2) is 10.8. The largest absolute Gasteiger partial charge is 0.349 e. The first-order valence-electron chi connectivity index (χ1n) is 11.9. The Balaban J connectivity index is 1.25. The third-order valence-corrected chi connectivity index (χ3v) is 7.90. The van der Waals surface area contributed by atoms with Crippen molar-refractivity contribution in [2.24, 2.45) is 5.92 Å². The molecular formula is C26H33FN4O2S. The fourth-order valence-electron chi connectivity index (χ4n) is 4.67. The SMILES string of the molecule is Cc1nc(-c2ccc(S(=O)NC3CCC(C(=O)N[C@H](C)C4=CCC(F)C=C4)CC3)cc2)c(C)[nH]1. The van der Waals surface area contributed by atoms with Gasteiger partial charge >= 0.3 is 0 Å². The molecule has 2 aliphatic rings. The van der Waals surface area contributed by atoms with Crippen LogP contribution in [-0.2, 0) is 15.8 Å². The number of aromatic amines is 1. The Bertz CT molecular complexity index is 1100. The summed E-state index contributed by atoms with van der Waals surface area (Å²) >= 11 is 0. The van der Waals surface area contributed by atoms with E-state index >= 15 is 0 Å². The van der Waals surface area contributed by atoms with Crippen LogP contribution < -0.4 is 10.0 Å². The summed E-state index contributed by atoms with van der Waals surface area (Å²) in [5.41, 5.74) is 3.88. The van der Waals surface area contributed by atoms with Gasteiger partial charge in [-0.15, -0.1) is 0 Å². The van der Waals surface area contributed by atoms with Crippen LogP contribution in [0.25, 0.3) is 11.3 Å². The number of hydrogen-bond acceptors (Lipinski definition) is 3. The molecule has 3 N–H and O–H groups in total. The highest BCUT2D eigenvalue weighted by Crippen LogP contribution is 2.27. The van der Waals surface area contributed by atoms with Crippen LogP contribution in [0.15, 0.2) is 53.0 Å². The molecule has 0 radical (unpaired) electrons. The third-order valence-electron chi connectivity index (χ3n) is 6.65. The minimum Gasteiger partial charge on any atom is -0.349 e. The van der Waals surface area contributed by atoms with Crippen molar-refractivity contribution >= 4 is 16.9 Å². The van der Waals surface area contributed by atoms with E-state index in [-0.39, 0.29) is 23.9 Å². The van der Waals surface area contributed by atoms with Gasteiger partial charge in [-0.3, -0.25) is 4.79 Å². The highest BCUT2D eigenvalue weighted by Gasteiger charge is 2.28. The van der Waals surface area contributed by atoms with Gasteiger partial charge in [0, 0.05) is 29.6 Å². The molecule has 34 heavy (non-hydrogen) atoms. The van der Waals surface area contributed by atoms with Gasteiger partial charge in [-0.1, -0.05) is 30.4 Å². The number of allylic oxidation sites excluding steroid dienone is 2. The summed E-state index contributed by atoms with van der Waals surface area (Å²) in [6, 6.07) is 7.64. The average molecular weight is 485 g/mol. The number of aromatic nitrogens is 2. The lowest BCUT2D eigenvalue weighted by atomic mass is 9.85. The Kier molecular flexibility index (Phi) is 7.78. The first kappa shape index (κ1) is 24.5. The summed E-state index contributed by atoms with van der Waals surface area (Å²) in [5, 5.41) is 3.07. The van der Waals surface area contributed by atoms with Crippen LogP contribution in [0.5, 0.6) is 0 Å². The Labute approximate surface area is 203 Å². The van der Waals surface area contributed by atoms with Crippen LogP contribution in [0, 0.1) is 19.8 Å². The standard InChI is InChI=1S/C26H33FN4O2S/c1-16(19-4-10-22(27)11-5-19)29-26(32)21-6-12-23(13-7-21)31-34(33)24-14-8-20(9-15-24)25-17(2)28-18(3)30-25/h4-5,8-10,14-16,21-23,31H,6-7,11-13H2,1-3H3,(H,28,30)(H,29,32)/t16-,21?,22?,23?,34?/m1/s1. The Morgan fingerprint density at radius 2 is 1.88 bits per heavy atom. The van der Waals surface area contributed by atoms with Gasteiger partial charge < -0.3 is 10.3 Å². The van der Waals surface area contributed by atoms with E-state index in [0.717, 1.165) is 58.9 Å². The highest BCUT2D eigenvalue weighted by atomic mass is 32.2. The van der Waals surface area contributed by atoms with Crippen LogP contribution in [0.1, 0.15) is 50.5 Å². The van der Waals surface area contributed by atoms with E-state index in [1.807, 2.05) is 51.1 Å². The molecule has 1 amide bonds. The number of benzene rings is 1. The number of rotatable bonds is 7. The number of halogens is 1. The van der Waals surface area contributed by atoms with Gasteiger partial charge in [0.05, 0.1) is 16.6 Å². The van der Waals surface area contributed by atoms with Crippen molar-refractivity contribution in [1.29, 1.82) is 0 Å². The summed E-state index contributed by atoms with van der Waals surface area (Å²) < 4.78 is 29.3. The predicted molar refractivity (Wildman–Crippen MR) is 133 cm³/mol. The van der Waals surface area contributed by atoms with Gasteiger partial charge in [-0.05, 0) is 64.2 Å². The van der Waals surface area contributed by atoms with Crippen molar-refractivity contribution in [2.45, 2.75) is 76.0 Å². The maximum absolute atomic E-state index is 13.3. The highest BCUT2D eigenvalue weighted by molar-refractivity contribution is 7.83. The first-order chi connectivity index (χ1) is 16.3. The zero-order chi connectivity index (χ0) is 24.2. The molecule has 2 unspecified atom stereocenters. The van der Waals surface area contributed by atoms with Gasteiger partial charge in [0.1, 0.15) is 23.0 Å². The lowest BCUT2D eigenvalue weighted by molar-refractivity contribution is -0.126. The van der Waals surface area contributed by atoms with Gasteiger partial charge in [0.25, 0.3) is 0 Å². The first-order valence-corrected chi connectivity index (χ1v) is 13.1. The molecule has 8 heteroatoms. The second-order valence-electron chi connectivity index (χ2n) is 9.30. The minimum absolute atomic E-state index is 0.0447. The maximum atomic E-state index is 13.3. The number of carbonyl (C=O) groups is 1. The quantitative estimate of drug-likeness (QED) is 0.537. The van der Waals surface area contributed by atoms with Crippen molar-refractivity contribution in [2.75, 3.05) is 0 Å². The maximum Gasteiger partial charge on any atom is 0.223 e. The Morgan fingerprint density at radius 1 is 1.18 bits per heavy atom. The summed E-state index contributed by atoms with van der Waals surface area (Å²) in [6.45, 7) is 5.85. The Hall–Kier alpha value is -2.58. The minimum atomic E-state index is -1.31. The molecule has 0 saturated heterocycles. The molecule has 4 rings (SSSR count). The third kappa shape index (κ3) is 5.91. The van der Waals surface area contributed by atoms with E-state index in [0.29, 0.717) is 6.42 Å². The molecule has 1 fully saturated rings. The van der Waals surface area contributed by atoms with E-state index < -0.39 is 17.2 Å². The molecule has 6 nitrogen and oxygen atoms in total. The summed E-state index contributed by atoms with van der Waals surface area (Å²) in [7, 11) is -1.31. The van der Waals surface area contributed by atoms with Crippen LogP contribution >= 0.6 is 0 Å². The van der Waals surface area contributed by atoms with Gasteiger partial charge in [-0.2, -0.15) is 0 Å². The molecule has 1 heterocycles. The molecule has 2 aromatic rings. The van der Waals surface area contributed by atoms with Crippen molar-refractivity contribution in [3.05, 3.63) is 59.6 Å². The topological polar surface area (TPSA) is 86.9 Å². The summed E-state index contributed by atoms with van der Waals surface area (Å²) in [6.07, 6.45) is 7.71. The summed E-state index contributed by atoms with van der Waals surface area (Å²) in [4.78, 5) is 21.2. The zero-order valence-corrected chi connectivity index (χ0v) is 20.8. The number of H-pyrrole nitrogens is 1. The molecule has 0 aliphatic heterocycles. The number of hydrogen-bond donors (Lipinski definition) is 3. The second-order valence-corrected chi connectivity index (χ2v) is 10.5. The average Bonchev–Trinajstić information content (AvgIpc) is 3.17. The molecule has 0 spiro atoms. The number of nitrogens with zero attached hydrogens (tertiary/aromatic N) is 1. The van der Waals surface area contributed by atoms with Crippen molar-refractivity contribution in [3.63, 3.8) is 0 Å². The molecule has 182 valence electrons. The normalized spacial score (nSPS) is 24.4. The zero-order valence-electron chi connectivity index (χ0n) is 19.9. The molecule has 3 atom stereocenters. The van der Waals surface area contributed by atoms with Crippen molar-refractivity contribution < 1.29 is 13.4 Å². The predicted octanol–water partition coefficient (Wildman–Crippen LogP) is 4.59. The van der Waals surface area contributed by atoms with Crippen LogP contribution in [0.2, 0.25) is 0 Å². The van der Waals surface area contributed by atoms with Crippen LogP contribution in [-0.4, -0.2) is 38.3 Å². The van der Waals surface area contributed by atoms with Gasteiger partial charge in [-0.25, -0.2) is 18.3 Å². The number of carbonyl (C=O) groups excluding carboxylic acids is 1. The van der Waals surface area contributed by atoms with Crippen LogP contribution in [0.3, 0.4) is 0 Å². The molecule has 2 aliphatic carbocycles. The lowest BCUT2D eigenvalue weighted by Gasteiger charge is -2.29. The number of imidazole rings is 1. The van der Waals surface area contributed by atoms with E-state index in [2.05, 4.69) is 20.0 Å². The van der Waals surface area contributed by atoms with E-state index in [1.165, 1.54) is 0 Å². The van der Waals surface area contributed by atoms with Crippen molar-refractivity contribution in [3.8, 4) is 11.3 Å². The fraction of sp³-hybridized carbons (Fsp3) is 0.462. The number of nitrogens with one attached hydrogen (secondary N) is 3. The van der Waals surface area contributed by atoms with E-state index in [9.17, 15) is 13.4 Å². The molecular weight excluding hydrogens is 451 g/mol. The molecule has 1 aromatic carbocycles. The lowest BCUT2D eigenvalue weighted by Crippen LogP contribution is -2.42. The van der Waals surface area contributed by atoms with E-state index in [1.54, 1.807) is 12.2 Å². The monoisotopic (exact) mass is 484 g/mol. The number of alkyl halides is 1. The Morgan fingerprint density at radius 3 is 2.47 bits per heavy atom. The fourth-order valence-corrected chi connectivity index (χ4v) is 5.72. The summed E-state index contributed by atoms with van der Waals surface area (Å²) in [5.74, 6) is 0.873. The smallest absolute Gasteiger partial charge is 0.223 e. The number of aryl methyl sites for hydroxylation is 2. The molecule has 1 saturated carbocycles.